The molecule has 0 atom stereocenters. The van der Waals surface area contributed by atoms with Gasteiger partial charge in [-0.3, -0.25) is 19.9 Å². The average Bonchev–Trinajstić information content (AvgIpc) is 2.40. The molecular weight excluding hydrogens is 260 g/mol. The Balaban J connectivity index is 2.37. The first-order valence-corrected chi connectivity index (χ1v) is 5.75. The summed E-state index contributed by atoms with van der Waals surface area (Å²) in [5.41, 5.74) is 6.78. The number of nitrogens with zero attached hydrogens (tertiary/aromatic N) is 2. The van der Waals surface area contributed by atoms with E-state index in [0.717, 1.165) is 5.56 Å². The van der Waals surface area contributed by atoms with E-state index in [0.29, 0.717) is 5.69 Å². The molecule has 0 bridgehead atoms. The van der Waals surface area contributed by atoms with Crippen molar-refractivity contribution in [2.75, 3.05) is 11.1 Å². The van der Waals surface area contributed by atoms with Gasteiger partial charge in [0.1, 0.15) is 5.56 Å². The Morgan fingerprint density at radius 1 is 1.40 bits per heavy atom. The van der Waals surface area contributed by atoms with E-state index in [2.05, 4.69) is 10.3 Å². The standard InChI is InChI=1S/C13H12N4O3/c1-8-4-5-15-7-11(8)16-13(18)10-6-9(14)2-3-12(10)17(19)20/h2-7H,14H2,1H3,(H,16,18). The molecule has 1 heterocycles. The summed E-state index contributed by atoms with van der Waals surface area (Å²) in [5, 5.41) is 13.5. The molecule has 0 aliphatic rings. The van der Waals surface area contributed by atoms with Crippen LogP contribution in [-0.4, -0.2) is 15.8 Å². The van der Waals surface area contributed by atoms with Crippen LogP contribution < -0.4 is 11.1 Å². The van der Waals surface area contributed by atoms with E-state index in [1.54, 1.807) is 19.2 Å². The van der Waals surface area contributed by atoms with E-state index < -0.39 is 10.8 Å². The minimum absolute atomic E-state index is 0.0850. The zero-order valence-electron chi connectivity index (χ0n) is 10.7. The van der Waals surface area contributed by atoms with Gasteiger partial charge in [0.15, 0.2) is 0 Å². The lowest BCUT2D eigenvalue weighted by Gasteiger charge is -2.08. The van der Waals surface area contributed by atoms with Crippen LogP contribution in [0.1, 0.15) is 15.9 Å². The lowest BCUT2D eigenvalue weighted by molar-refractivity contribution is -0.385. The van der Waals surface area contributed by atoms with Crippen molar-refractivity contribution in [3.8, 4) is 0 Å². The Kier molecular flexibility index (Phi) is 3.60. The van der Waals surface area contributed by atoms with Gasteiger partial charge in [-0.05, 0) is 30.7 Å². The molecule has 1 aromatic heterocycles. The van der Waals surface area contributed by atoms with E-state index in [1.165, 1.54) is 24.4 Å². The summed E-state index contributed by atoms with van der Waals surface area (Å²) >= 11 is 0. The van der Waals surface area contributed by atoms with Crippen molar-refractivity contribution in [2.45, 2.75) is 6.92 Å². The molecule has 3 N–H and O–H groups in total. The number of aryl methyl sites for hydroxylation is 1. The van der Waals surface area contributed by atoms with Crippen molar-refractivity contribution in [3.05, 3.63) is 57.9 Å². The van der Waals surface area contributed by atoms with Gasteiger partial charge in [0, 0.05) is 18.0 Å². The molecule has 0 spiro atoms. The highest BCUT2D eigenvalue weighted by atomic mass is 16.6. The molecule has 2 aromatic rings. The van der Waals surface area contributed by atoms with Gasteiger partial charge in [0.05, 0.1) is 16.8 Å². The number of benzene rings is 1. The van der Waals surface area contributed by atoms with E-state index in [1.807, 2.05) is 0 Å². The van der Waals surface area contributed by atoms with Gasteiger partial charge in [0.2, 0.25) is 0 Å². The zero-order valence-corrected chi connectivity index (χ0v) is 10.7. The second kappa shape index (κ2) is 5.35. The summed E-state index contributed by atoms with van der Waals surface area (Å²) in [6.07, 6.45) is 3.07. The highest BCUT2D eigenvalue weighted by Crippen LogP contribution is 2.23. The first kappa shape index (κ1) is 13.5. The first-order chi connectivity index (χ1) is 9.49. The number of nitrogens with two attached hydrogens (primary N) is 1. The van der Waals surface area contributed by atoms with Crippen molar-refractivity contribution in [1.82, 2.24) is 4.98 Å². The lowest BCUT2D eigenvalue weighted by atomic mass is 10.1. The maximum atomic E-state index is 12.1. The second-order valence-electron chi connectivity index (χ2n) is 4.18. The van der Waals surface area contributed by atoms with Gasteiger partial charge in [-0.25, -0.2) is 0 Å². The van der Waals surface area contributed by atoms with Crippen LogP contribution in [0.15, 0.2) is 36.7 Å². The number of carbonyl (C=O) groups is 1. The molecule has 0 unspecified atom stereocenters. The highest BCUT2D eigenvalue weighted by molar-refractivity contribution is 6.07. The summed E-state index contributed by atoms with van der Waals surface area (Å²) in [5.74, 6) is -0.597. The molecule has 2 rings (SSSR count). The molecule has 1 amide bonds. The number of anilines is 2. The quantitative estimate of drug-likeness (QED) is 0.505. The van der Waals surface area contributed by atoms with E-state index >= 15 is 0 Å². The predicted octanol–water partition coefficient (Wildman–Crippen LogP) is 2.13. The molecule has 20 heavy (non-hydrogen) atoms. The van der Waals surface area contributed by atoms with Crippen LogP contribution >= 0.6 is 0 Å². The monoisotopic (exact) mass is 272 g/mol. The van der Waals surface area contributed by atoms with Crippen LogP contribution in [0.4, 0.5) is 17.1 Å². The van der Waals surface area contributed by atoms with Gasteiger partial charge in [-0.15, -0.1) is 0 Å². The van der Waals surface area contributed by atoms with Crippen LogP contribution in [0.5, 0.6) is 0 Å². The van der Waals surface area contributed by atoms with Gasteiger partial charge in [-0.2, -0.15) is 0 Å². The van der Waals surface area contributed by atoms with Crippen molar-refractivity contribution >= 4 is 23.0 Å². The smallest absolute Gasteiger partial charge is 0.282 e. The van der Waals surface area contributed by atoms with E-state index in [4.69, 9.17) is 5.73 Å². The van der Waals surface area contributed by atoms with Gasteiger partial charge in [0.25, 0.3) is 11.6 Å². The van der Waals surface area contributed by atoms with Crippen LogP contribution in [0.3, 0.4) is 0 Å². The Hall–Kier alpha value is -2.96. The normalized spacial score (nSPS) is 10.1. The number of amides is 1. The largest absolute Gasteiger partial charge is 0.399 e. The topological polar surface area (TPSA) is 111 Å². The minimum atomic E-state index is -0.621. The van der Waals surface area contributed by atoms with Crippen molar-refractivity contribution in [2.24, 2.45) is 0 Å². The predicted molar refractivity (Wildman–Crippen MR) is 74.4 cm³/mol. The molecule has 7 heteroatoms. The number of nitro benzene ring substituents is 1. The number of hydrogen-bond acceptors (Lipinski definition) is 5. The molecule has 102 valence electrons. The third-order valence-corrected chi connectivity index (χ3v) is 2.75. The number of hydrogen-bond donors (Lipinski definition) is 2. The van der Waals surface area contributed by atoms with Crippen molar-refractivity contribution in [1.29, 1.82) is 0 Å². The number of carbonyl (C=O) groups excluding carboxylic acids is 1. The Labute approximate surface area is 114 Å². The Morgan fingerprint density at radius 3 is 2.80 bits per heavy atom. The third-order valence-electron chi connectivity index (χ3n) is 2.75. The number of nitro groups is 1. The fourth-order valence-electron chi connectivity index (χ4n) is 1.68. The third kappa shape index (κ3) is 2.72. The maximum absolute atomic E-state index is 12.1. The Morgan fingerprint density at radius 2 is 2.15 bits per heavy atom. The molecule has 0 aliphatic carbocycles. The molecule has 1 aromatic carbocycles. The highest BCUT2D eigenvalue weighted by Gasteiger charge is 2.20. The molecule has 0 radical (unpaired) electrons. The zero-order chi connectivity index (χ0) is 14.7. The first-order valence-electron chi connectivity index (χ1n) is 5.75. The average molecular weight is 272 g/mol. The SMILES string of the molecule is Cc1ccncc1NC(=O)c1cc(N)ccc1[N+](=O)[O-]. The molecule has 0 saturated heterocycles. The van der Waals surface area contributed by atoms with Gasteiger partial charge >= 0.3 is 0 Å². The number of rotatable bonds is 3. The van der Waals surface area contributed by atoms with Gasteiger partial charge in [-0.1, -0.05) is 0 Å². The molecule has 0 saturated carbocycles. The molecular formula is C13H12N4O3. The maximum Gasteiger partial charge on any atom is 0.282 e. The van der Waals surface area contributed by atoms with Crippen LogP contribution in [-0.2, 0) is 0 Å². The summed E-state index contributed by atoms with van der Waals surface area (Å²) in [4.78, 5) is 26.3. The van der Waals surface area contributed by atoms with Crippen LogP contribution in [0.25, 0.3) is 0 Å². The van der Waals surface area contributed by atoms with Crippen LogP contribution in [0.2, 0.25) is 0 Å². The van der Waals surface area contributed by atoms with Gasteiger partial charge < -0.3 is 11.1 Å². The van der Waals surface area contributed by atoms with Crippen molar-refractivity contribution in [3.63, 3.8) is 0 Å². The number of nitrogens with one attached hydrogen (secondary N) is 1. The molecule has 0 aliphatic heterocycles. The second-order valence-corrected chi connectivity index (χ2v) is 4.18. The summed E-state index contributed by atoms with van der Waals surface area (Å²) in [7, 11) is 0. The summed E-state index contributed by atoms with van der Waals surface area (Å²) in [6, 6.07) is 5.59. The summed E-state index contributed by atoms with van der Waals surface area (Å²) in [6.45, 7) is 1.80. The number of pyridine rings is 1. The number of nitrogen functional groups attached to an aromatic ring is 1. The molecule has 7 nitrogen and oxygen atoms in total. The summed E-state index contributed by atoms with van der Waals surface area (Å²) < 4.78 is 0. The Bertz CT molecular complexity index is 685. The van der Waals surface area contributed by atoms with E-state index in [-0.39, 0.29) is 16.9 Å². The van der Waals surface area contributed by atoms with Crippen LogP contribution in [0, 0.1) is 17.0 Å². The minimum Gasteiger partial charge on any atom is -0.399 e. The fraction of sp³-hybridized carbons (Fsp3) is 0.0769. The van der Waals surface area contributed by atoms with E-state index in [9.17, 15) is 14.9 Å². The van der Waals surface area contributed by atoms with Crippen molar-refractivity contribution < 1.29 is 9.72 Å². The molecule has 0 fully saturated rings. The lowest BCUT2D eigenvalue weighted by Crippen LogP contribution is -2.15. The number of aromatic nitrogens is 1. The fourth-order valence-corrected chi connectivity index (χ4v) is 1.68.